The number of aryl methyl sites for hydroxylation is 2. The first-order chi connectivity index (χ1) is 14.9. The Morgan fingerprint density at radius 3 is 2.58 bits per heavy atom. The lowest BCUT2D eigenvalue weighted by Gasteiger charge is -2.16. The summed E-state index contributed by atoms with van der Waals surface area (Å²) in [5, 5.41) is 8.30. The number of halogens is 1. The molecular formula is C24H23FN4O2. The number of methoxy groups -OCH3 is 1. The van der Waals surface area contributed by atoms with Gasteiger partial charge in [0.2, 0.25) is 0 Å². The van der Waals surface area contributed by atoms with E-state index in [1.165, 1.54) is 12.1 Å². The van der Waals surface area contributed by atoms with Crippen molar-refractivity contribution in [2.45, 2.75) is 26.8 Å². The summed E-state index contributed by atoms with van der Waals surface area (Å²) in [6.45, 7) is 5.59. The molecule has 0 fully saturated rings. The highest BCUT2D eigenvalue weighted by atomic mass is 19.1. The summed E-state index contributed by atoms with van der Waals surface area (Å²) in [5.74, 6) is 0.192. The zero-order valence-corrected chi connectivity index (χ0v) is 17.8. The van der Waals surface area contributed by atoms with Crippen molar-refractivity contribution in [3.05, 3.63) is 82.9 Å². The number of ether oxygens (including phenoxy) is 1. The number of carbonyl (C=O) groups excluding carboxylic acids is 1. The second-order valence-electron chi connectivity index (χ2n) is 7.46. The minimum Gasteiger partial charge on any atom is -0.497 e. The van der Waals surface area contributed by atoms with Gasteiger partial charge in [0.15, 0.2) is 5.65 Å². The van der Waals surface area contributed by atoms with Gasteiger partial charge in [0.1, 0.15) is 11.6 Å². The van der Waals surface area contributed by atoms with Crippen molar-refractivity contribution in [2.24, 2.45) is 0 Å². The Bertz CT molecular complexity index is 1260. The molecule has 4 rings (SSSR count). The molecule has 0 saturated carbocycles. The highest BCUT2D eigenvalue weighted by molar-refractivity contribution is 6.07. The number of carbonyl (C=O) groups is 1. The molecule has 31 heavy (non-hydrogen) atoms. The van der Waals surface area contributed by atoms with Crippen LogP contribution in [-0.4, -0.2) is 27.8 Å². The summed E-state index contributed by atoms with van der Waals surface area (Å²) in [7, 11) is 1.61. The molecule has 0 aliphatic rings. The van der Waals surface area contributed by atoms with E-state index in [-0.39, 0.29) is 17.8 Å². The summed E-state index contributed by atoms with van der Waals surface area (Å²) < 4.78 is 20.3. The third-order valence-corrected chi connectivity index (χ3v) is 5.20. The molecule has 0 aliphatic heterocycles. The quantitative estimate of drug-likeness (QED) is 0.511. The Balaban J connectivity index is 1.73. The predicted octanol–water partition coefficient (Wildman–Crippen LogP) is 4.68. The van der Waals surface area contributed by atoms with Crippen LogP contribution in [-0.2, 0) is 0 Å². The van der Waals surface area contributed by atoms with Gasteiger partial charge in [-0.15, -0.1) is 0 Å². The van der Waals surface area contributed by atoms with E-state index in [0.717, 1.165) is 11.3 Å². The van der Waals surface area contributed by atoms with Gasteiger partial charge in [0, 0.05) is 5.69 Å². The highest BCUT2D eigenvalue weighted by Gasteiger charge is 2.21. The molecule has 4 aromatic rings. The molecule has 6 nitrogen and oxygen atoms in total. The minimum atomic E-state index is -0.326. The molecule has 0 radical (unpaired) electrons. The molecule has 1 N–H and O–H groups in total. The van der Waals surface area contributed by atoms with Crippen LogP contribution in [0.25, 0.3) is 16.7 Å². The van der Waals surface area contributed by atoms with Crippen molar-refractivity contribution in [1.82, 2.24) is 20.1 Å². The maximum absolute atomic E-state index is 13.4. The number of pyridine rings is 1. The maximum atomic E-state index is 13.4. The van der Waals surface area contributed by atoms with E-state index in [9.17, 15) is 9.18 Å². The SMILES string of the molecule is COc1cccc(C(C)NC(=O)c2cc(C)nc3c2c(C)nn3-c2ccc(F)cc2)c1. The van der Waals surface area contributed by atoms with Crippen LogP contribution in [0.5, 0.6) is 5.75 Å². The normalized spacial score (nSPS) is 12.0. The van der Waals surface area contributed by atoms with Crippen LogP contribution in [0.1, 0.15) is 40.3 Å². The summed E-state index contributed by atoms with van der Waals surface area (Å²) in [5.41, 5.74) is 4.04. The number of nitrogens with zero attached hydrogens (tertiary/aromatic N) is 3. The second-order valence-corrected chi connectivity index (χ2v) is 7.46. The molecule has 1 amide bonds. The third kappa shape index (κ3) is 3.99. The number of nitrogens with one attached hydrogen (secondary N) is 1. The Hall–Kier alpha value is -3.74. The average Bonchev–Trinajstić information content (AvgIpc) is 3.09. The van der Waals surface area contributed by atoms with Crippen molar-refractivity contribution in [1.29, 1.82) is 0 Å². The van der Waals surface area contributed by atoms with Gasteiger partial charge in [-0.2, -0.15) is 5.10 Å². The van der Waals surface area contributed by atoms with Crippen LogP contribution in [0, 0.1) is 19.7 Å². The fourth-order valence-electron chi connectivity index (χ4n) is 3.62. The zero-order chi connectivity index (χ0) is 22.1. The van der Waals surface area contributed by atoms with E-state index in [4.69, 9.17) is 4.74 Å². The van der Waals surface area contributed by atoms with E-state index in [2.05, 4.69) is 15.4 Å². The molecule has 2 aromatic carbocycles. The molecule has 0 aliphatic carbocycles. The first-order valence-electron chi connectivity index (χ1n) is 9.95. The van der Waals surface area contributed by atoms with E-state index in [1.54, 1.807) is 30.0 Å². The predicted molar refractivity (Wildman–Crippen MR) is 117 cm³/mol. The zero-order valence-electron chi connectivity index (χ0n) is 17.8. The largest absolute Gasteiger partial charge is 0.497 e. The van der Waals surface area contributed by atoms with Crippen LogP contribution < -0.4 is 10.1 Å². The highest BCUT2D eigenvalue weighted by Crippen LogP contribution is 2.26. The lowest BCUT2D eigenvalue weighted by molar-refractivity contribution is 0.0941. The maximum Gasteiger partial charge on any atom is 0.252 e. The summed E-state index contributed by atoms with van der Waals surface area (Å²) in [6, 6.07) is 15.1. The fourth-order valence-corrected chi connectivity index (χ4v) is 3.62. The molecule has 1 atom stereocenters. The summed E-state index contributed by atoms with van der Waals surface area (Å²) in [4.78, 5) is 17.8. The standard InChI is InChI=1S/C24H23FN4O2/c1-14-12-21(24(30)27-15(2)17-6-5-7-20(13-17)31-4)22-16(3)28-29(23(22)26-14)19-10-8-18(25)9-11-19/h5-13,15H,1-4H3,(H,27,30). The molecule has 1 unspecified atom stereocenters. The van der Waals surface area contributed by atoms with Crippen molar-refractivity contribution < 1.29 is 13.9 Å². The molecule has 7 heteroatoms. The number of benzene rings is 2. The van der Waals surface area contributed by atoms with Gasteiger partial charge in [-0.05, 0) is 68.8 Å². The summed E-state index contributed by atoms with van der Waals surface area (Å²) >= 11 is 0. The number of hydrogen-bond acceptors (Lipinski definition) is 4. The Morgan fingerprint density at radius 1 is 1.13 bits per heavy atom. The number of aromatic nitrogens is 3. The van der Waals surface area contributed by atoms with Crippen molar-refractivity contribution in [2.75, 3.05) is 7.11 Å². The van der Waals surface area contributed by atoms with Crippen LogP contribution in [0.4, 0.5) is 4.39 Å². The minimum absolute atomic E-state index is 0.215. The average molecular weight is 418 g/mol. The van der Waals surface area contributed by atoms with Gasteiger partial charge < -0.3 is 10.1 Å². The topological polar surface area (TPSA) is 69.0 Å². The summed E-state index contributed by atoms with van der Waals surface area (Å²) in [6.07, 6.45) is 0. The number of hydrogen-bond donors (Lipinski definition) is 1. The molecule has 158 valence electrons. The van der Waals surface area contributed by atoms with Gasteiger partial charge >= 0.3 is 0 Å². The van der Waals surface area contributed by atoms with Crippen molar-refractivity contribution in [3.8, 4) is 11.4 Å². The number of amides is 1. The van der Waals surface area contributed by atoms with E-state index in [1.807, 2.05) is 45.0 Å². The van der Waals surface area contributed by atoms with Gasteiger partial charge in [-0.3, -0.25) is 4.79 Å². The molecule has 2 heterocycles. The third-order valence-electron chi connectivity index (χ3n) is 5.20. The molecule has 0 saturated heterocycles. The van der Waals surface area contributed by atoms with Gasteiger partial charge in [-0.25, -0.2) is 14.1 Å². The Morgan fingerprint density at radius 2 is 1.87 bits per heavy atom. The Kier molecular flexibility index (Phi) is 5.42. The van der Waals surface area contributed by atoms with Gasteiger partial charge in [-0.1, -0.05) is 12.1 Å². The molecule has 0 spiro atoms. The molecule has 2 aromatic heterocycles. The fraction of sp³-hybridized carbons (Fsp3) is 0.208. The van der Waals surface area contributed by atoms with Gasteiger partial charge in [0.05, 0.1) is 35.5 Å². The Labute approximate surface area is 179 Å². The lowest BCUT2D eigenvalue weighted by atomic mass is 10.1. The number of rotatable bonds is 5. The van der Waals surface area contributed by atoms with Crippen LogP contribution in [0.3, 0.4) is 0 Å². The second kappa shape index (κ2) is 8.18. The molecular weight excluding hydrogens is 395 g/mol. The monoisotopic (exact) mass is 418 g/mol. The number of fused-ring (bicyclic) bond motifs is 1. The van der Waals surface area contributed by atoms with Gasteiger partial charge in [0.25, 0.3) is 5.91 Å². The van der Waals surface area contributed by atoms with Crippen LogP contribution >= 0.6 is 0 Å². The van der Waals surface area contributed by atoms with Crippen molar-refractivity contribution >= 4 is 16.9 Å². The van der Waals surface area contributed by atoms with E-state index >= 15 is 0 Å². The van der Waals surface area contributed by atoms with Crippen LogP contribution in [0.15, 0.2) is 54.6 Å². The first kappa shape index (κ1) is 20.5. The van der Waals surface area contributed by atoms with E-state index in [0.29, 0.717) is 33.7 Å². The van der Waals surface area contributed by atoms with Crippen LogP contribution in [0.2, 0.25) is 0 Å². The smallest absolute Gasteiger partial charge is 0.252 e. The van der Waals surface area contributed by atoms with E-state index < -0.39 is 0 Å². The van der Waals surface area contributed by atoms with Crippen molar-refractivity contribution in [3.63, 3.8) is 0 Å². The lowest BCUT2D eigenvalue weighted by Crippen LogP contribution is -2.27. The first-order valence-corrected chi connectivity index (χ1v) is 9.95. The molecule has 0 bridgehead atoms.